The van der Waals surface area contributed by atoms with E-state index in [9.17, 15) is 14.7 Å². The minimum atomic E-state index is -1.04. The summed E-state index contributed by atoms with van der Waals surface area (Å²) in [4.78, 5) is 24.8. The Morgan fingerprint density at radius 2 is 2.33 bits per heavy atom. The summed E-state index contributed by atoms with van der Waals surface area (Å²) in [5.41, 5.74) is 1.20. The van der Waals surface area contributed by atoms with Crippen LogP contribution in [-0.4, -0.2) is 40.3 Å². The Kier molecular flexibility index (Phi) is 4.81. The maximum absolute atomic E-state index is 12.0. The van der Waals surface area contributed by atoms with E-state index in [4.69, 9.17) is 16.9 Å². The van der Waals surface area contributed by atoms with Crippen LogP contribution in [-0.2, 0) is 16.0 Å². The maximum atomic E-state index is 12.0. The van der Waals surface area contributed by atoms with Crippen LogP contribution in [0.5, 0.6) is 0 Å². The highest BCUT2D eigenvalue weighted by Crippen LogP contribution is 2.23. The fraction of sp³-hybridized carbons (Fsp3) is 0.400. The molecule has 2 atom stereocenters. The molecule has 1 unspecified atom stereocenters. The van der Waals surface area contributed by atoms with Gasteiger partial charge in [0.25, 0.3) is 0 Å². The third-order valence-corrected chi connectivity index (χ3v) is 4.04. The maximum Gasteiger partial charge on any atom is 0.326 e. The number of alkyl halides is 1. The highest BCUT2D eigenvalue weighted by molar-refractivity contribution is 6.18. The second kappa shape index (κ2) is 6.59. The van der Waals surface area contributed by atoms with Crippen molar-refractivity contribution in [3.8, 4) is 6.07 Å². The summed E-state index contributed by atoms with van der Waals surface area (Å²) in [6.07, 6.45) is 0.483. The minimum Gasteiger partial charge on any atom is -0.480 e. The molecule has 0 saturated carbocycles. The fourth-order valence-corrected chi connectivity index (χ4v) is 2.74. The molecule has 6 heteroatoms. The number of nitriles is 1. The van der Waals surface area contributed by atoms with Crippen molar-refractivity contribution < 1.29 is 14.7 Å². The summed E-state index contributed by atoms with van der Waals surface area (Å²) in [6, 6.07) is 7.88. The first kappa shape index (κ1) is 15.3. The molecule has 1 aliphatic heterocycles. The van der Waals surface area contributed by atoms with Gasteiger partial charge in [0, 0.05) is 25.3 Å². The predicted molar refractivity (Wildman–Crippen MR) is 76.8 cm³/mol. The molecule has 110 valence electrons. The standard InChI is InChI=1S/C15H15ClN2O3/c16-7-12-6-14(19)18(9-12)13(15(20)21)5-10-2-1-3-11(4-10)8-17/h1-4,12-13H,5-7,9H2,(H,20,21)/t12?,13-/m0/s1. The number of hydrogen-bond donors (Lipinski definition) is 1. The van der Waals surface area contributed by atoms with Crippen LogP contribution in [0.4, 0.5) is 0 Å². The molecule has 1 aromatic rings. The quantitative estimate of drug-likeness (QED) is 0.839. The number of carboxylic acid groups (broad SMARTS) is 1. The predicted octanol–water partition coefficient (Wildman–Crippen LogP) is 1.64. The largest absolute Gasteiger partial charge is 0.480 e. The Morgan fingerprint density at radius 3 is 2.90 bits per heavy atom. The number of carboxylic acids is 1. The summed E-state index contributed by atoms with van der Waals surface area (Å²) < 4.78 is 0. The van der Waals surface area contributed by atoms with E-state index in [0.717, 1.165) is 5.56 Å². The highest BCUT2D eigenvalue weighted by atomic mass is 35.5. The summed E-state index contributed by atoms with van der Waals surface area (Å²) in [6.45, 7) is 0.372. The number of likely N-dealkylation sites (tertiary alicyclic amines) is 1. The van der Waals surface area contributed by atoms with Crippen LogP contribution in [0, 0.1) is 17.2 Å². The molecule has 1 heterocycles. The summed E-state index contributed by atoms with van der Waals surface area (Å²) >= 11 is 5.76. The van der Waals surface area contributed by atoms with Crippen molar-refractivity contribution in [2.75, 3.05) is 12.4 Å². The van der Waals surface area contributed by atoms with Gasteiger partial charge in [0.15, 0.2) is 0 Å². The van der Waals surface area contributed by atoms with Crippen LogP contribution >= 0.6 is 11.6 Å². The molecule has 21 heavy (non-hydrogen) atoms. The molecule has 2 rings (SSSR count). The molecule has 0 bridgehead atoms. The zero-order valence-electron chi connectivity index (χ0n) is 11.3. The third kappa shape index (κ3) is 3.53. The number of nitrogens with zero attached hydrogens (tertiary/aromatic N) is 2. The minimum absolute atomic E-state index is 0.00598. The van der Waals surface area contributed by atoms with Gasteiger partial charge in [-0.05, 0) is 23.6 Å². The van der Waals surface area contributed by atoms with Gasteiger partial charge < -0.3 is 10.0 Å². The van der Waals surface area contributed by atoms with Crippen molar-refractivity contribution in [2.45, 2.75) is 18.9 Å². The van der Waals surface area contributed by atoms with Gasteiger partial charge in [-0.25, -0.2) is 4.79 Å². The molecule has 0 aromatic heterocycles. The molecule has 1 aromatic carbocycles. The van der Waals surface area contributed by atoms with Crippen LogP contribution in [0.1, 0.15) is 17.5 Å². The van der Waals surface area contributed by atoms with Gasteiger partial charge in [-0.1, -0.05) is 12.1 Å². The molecule has 5 nitrogen and oxygen atoms in total. The van der Waals surface area contributed by atoms with E-state index < -0.39 is 12.0 Å². The van der Waals surface area contributed by atoms with Crippen molar-refractivity contribution in [1.29, 1.82) is 5.26 Å². The van der Waals surface area contributed by atoms with Crippen LogP contribution in [0.15, 0.2) is 24.3 Å². The Morgan fingerprint density at radius 1 is 1.57 bits per heavy atom. The number of halogens is 1. The first-order valence-electron chi connectivity index (χ1n) is 6.62. The first-order chi connectivity index (χ1) is 10.0. The van der Waals surface area contributed by atoms with Crippen molar-refractivity contribution in [2.24, 2.45) is 5.92 Å². The number of carbonyl (C=O) groups excluding carboxylic acids is 1. The van der Waals surface area contributed by atoms with Gasteiger partial charge in [0.05, 0.1) is 11.6 Å². The van der Waals surface area contributed by atoms with E-state index in [-0.39, 0.29) is 18.2 Å². The van der Waals surface area contributed by atoms with Gasteiger partial charge in [0.2, 0.25) is 5.91 Å². The van der Waals surface area contributed by atoms with Crippen molar-refractivity contribution >= 4 is 23.5 Å². The lowest BCUT2D eigenvalue weighted by atomic mass is 10.0. The Labute approximate surface area is 127 Å². The lowest BCUT2D eigenvalue weighted by Crippen LogP contribution is -2.43. The first-order valence-corrected chi connectivity index (χ1v) is 7.16. The molecule has 1 saturated heterocycles. The molecule has 1 aliphatic rings. The Balaban J connectivity index is 2.18. The lowest BCUT2D eigenvalue weighted by molar-refractivity contribution is -0.148. The number of rotatable bonds is 5. The van der Waals surface area contributed by atoms with Gasteiger partial charge in [-0.2, -0.15) is 5.26 Å². The molecule has 1 N–H and O–H groups in total. The van der Waals surface area contributed by atoms with Crippen LogP contribution < -0.4 is 0 Å². The molecule has 1 fully saturated rings. The number of hydrogen-bond acceptors (Lipinski definition) is 3. The van der Waals surface area contributed by atoms with Crippen LogP contribution in [0.3, 0.4) is 0 Å². The van der Waals surface area contributed by atoms with Gasteiger partial charge in [-0.15, -0.1) is 11.6 Å². The number of benzene rings is 1. The number of aliphatic carboxylic acids is 1. The van der Waals surface area contributed by atoms with Crippen molar-refractivity contribution in [3.05, 3.63) is 35.4 Å². The van der Waals surface area contributed by atoms with E-state index in [1.165, 1.54) is 4.90 Å². The van der Waals surface area contributed by atoms with Gasteiger partial charge >= 0.3 is 5.97 Å². The smallest absolute Gasteiger partial charge is 0.326 e. The molecular formula is C15H15ClN2O3. The summed E-state index contributed by atoms with van der Waals surface area (Å²) in [7, 11) is 0. The zero-order chi connectivity index (χ0) is 15.4. The van der Waals surface area contributed by atoms with E-state index >= 15 is 0 Å². The Hall–Kier alpha value is -2.06. The zero-order valence-corrected chi connectivity index (χ0v) is 12.1. The average Bonchev–Trinajstić information content (AvgIpc) is 2.85. The van der Waals surface area contributed by atoms with Crippen LogP contribution in [0.2, 0.25) is 0 Å². The molecular weight excluding hydrogens is 292 g/mol. The molecule has 0 spiro atoms. The van der Waals surface area contributed by atoms with E-state index in [0.29, 0.717) is 24.4 Å². The van der Waals surface area contributed by atoms with Crippen molar-refractivity contribution in [1.82, 2.24) is 4.90 Å². The summed E-state index contributed by atoms with van der Waals surface area (Å²) in [5, 5.41) is 18.3. The van der Waals surface area contributed by atoms with Gasteiger partial charge in [0.1, 0.15) is 6.04 Å². The van der Waals surface area contributed by atoms with E-state index in [1.807, 2.05) is 6.07 Å². The second-order valence-corrected chi connectivity index (χ2v) is 5.45. The topological polar surface area (TPSA) is 81.4 Å². The summed E-state index contributed by atoms with van der Waals surface area (Å²) in [5.74, 6) is -0.865. The second-order valence-electron chi connectivity index (χ2n) is 5.14. The number of amides is 1. The van der Waals surface area contributed by atoms with Crippen molar-refractivity contribution in [3.63, 3.8) is 0 Å². The molecule has 0 aliphatic carbocycles. The lowest BCUT2D eigenvalue weighted by Gasteiger charge is -2.24. The SMILES string of the molecule is N#Cc1cccc(C[C@@H](C(=O)O)N2CC(CCl)CC2=O)c1. The van der Waals surface area contributed by atoms with E-state index in [1.54, 1.807) is 24.3 Å². The van der Waals surface area contributed by atoms with Crippen LogP contribution in [0.25, 0.3) is 0 Å². The van der Waals surface area contributed by atoms with Gasteiger partial charge in [-0.3, -0.25) is 4.79 Å². The molecule has 0 radical (unpaired) electrons. The van der Waals surface area contributed by atoms with E-state index in [2.05, 4.69) is 0 Å². The monoisotopic (exact) mass is 306 g/mol. The third-order valence-electron chi connectivity index (χ3n) is 3.60. The average molecular weight is 307 g/mol. The Bertz CT molecular complexity index is 597. The normalized spacial score (nSPS) is 19.3. The highest BCUT2D eigenvalue weighted by Gasteiger charge is 2.37. The molecule has 1 amide bonds. The fourth-order valence-electron chi connectivity index (χ4n) is 2.54. The number of carbonyl (C=O) groups is 2.